The van der Waals surface area contributed by atoms with Crippen molar-refractivity contribution in [3.63, 3.8) is 0 Å². The van der Waals surface area contributed by atoms with Gasteiger partial charge < -0.3 is 10.3 Å². The van der Waals surface area contributed by atoms with Crippen molar-refractivity contribution in [1.29, 1.82) is 0 Å². The van der Waals surface area contributed by atoms with Crippen molar-refractivity contribution in [3.8, 4) is 10.6 Å². The Bertz CT molecular complexity index is 439. The molecule has 6 heteroatoms. The molecule has 2 heterocycles. The van der Waals surface area contributed by atoms with E-state index in [1.165, 1.54) is 0 Å². The molecule has 0 fully saturated rings. The van der Waals surface area contributed by atoms with Crippen LogP contribution in [0.25, 0.3) is 10.6 Å². The van der Waals surface area contributed by atoms with Crippen LogP contribution in [0, 0.1) is 0 Å². The van der Waals surface area contributed by atoms with Crippen molar-refractivity contribution in [2.45, 2.75) is 0 Å². The molecule has 2 aromatic rings. The number of Topliss-reactive ketones (excluding diaryl/α,β-unsaturated/α-hetero) is 1. The molecule has 0 unspecified atom stereocenters. The summed E-state index contributed by atoms with van der Waals surface area (Å²) in [6.45, 7) is -0.0565. The van der Waals surface area contributed by atoms with E-state index in [1.54, 1.807) is 17.4 Å². The second kappa shape index (κ2) is 5.06. The Hall–Kier alpha value is -1.17. The molecule has 0 aliphatic heterocycles. The van der Waals surface area contributed by atoms with E-state index in [1.807, 2.05) is 17.5 Å². The smallest absolute Gasteiger partial charge is 0.214 e. The van der Waals surface area contributed by atoms with Gasteiger partial charge in [0.25, 0.3) is 0 Å². The minimum atomic E-state index is -0.236. The standard InChI is InChI=1S/C9H8N2O2S.ClH/c10-5-7(12)8-4-6(11-13-8)9-2-1-3-14-9;/h1-4H,5,10H2;1H. The third kappa shape index (κ3) is 2.44. The predicted molar refractivity (Wildman–Crippen MR) is 60.4 cm³/mol. The monoisotopic (exact) mass is 244 g/mol. The minimum absolute atomic E-state index is 0. The maximum Gasteiger partial charge on any atom is 0.214 e. The first-order valence-corrected chi connectivity index (χ1v) is 4.93. The van der Waals surface area contributed by atoms with Gasteiger partial charge in [0.2, 0.25) is 11.5 Å². The molecular weight excluding hydrogens is 236 g/mol. The first-order chi connectivity index (χ1) is 6.81. The number of ketones is 1. The summed E-state index contributed by atoms with van der Waals surface area (Å²) in [4.78, 5) is 12.1. The second-order valence-electron chi connectivity index (χ2n) is 2.68. The molecule has 2 aromatic heterocycles. The van der Waals surface area contributed by atoms with Gasteiger partial charge in [-0.2, -0.15) is 0 Å². The lowest BCUT2D eigenvalue weighted by Crippen LogP contribution is -2.12. The number of hydrogen-bond donors (Lipinski definition) is 1. The molecule has 2 N–H and O–H groups in total. The average Bonchev–Trinajstić information content (AvgIpc) is 2.86. The topological polar surface area (TPSA) is 69.1 Å². The van der Waals surface area contributed by atoms with Crippen molar-refractivity contribution in [2.24, 2.45) is 5.73 Å². The van der Waals surface area contributed by atoms with Crippen molar-refractivity contribution < 1.29 is 9.32 Å². The van der Waals surface area contributed by atoms with E-state index in [4.69, 9.17) is 10.3 Å². The molecule has 2 rings (SSSR count). The Balaban J connectivity index is 0.00000112. The second-order valence-corrected chi connectivity index (χ2v) is 3.63. The number of aromatic nitrogens is 1. The summed E-state index contributed by atoms with van der Waals surface area (Å²) >= 11 is 1.54. The Kier molecular flexibility index (Phi) is 4.02. The van der Waals surface area contributed by atoms with Gasteiger partial charge in [0.05, 0.1) is 11.4 Å². The molecule has 4 nitrogen and oxygen atoms in total. The molecule has 0 aliphatic rings. The average molecular weight is 245 g/mol. The highest BCUT2D eigenvalue weighted by Gasteiger charge is 2.12. The van der Waals surface area contributed by atoms with E-state index in [0.717, 1.165) is 4.88 Å². The van der Waals surface area contributed by atoms with E-state index in [2.05, 4.69) is 5.16 Å². The summed E-state index contributed by atoms with van der Waals surface area (Å²) in [5.41, 5.74) is 5.87. The molecule has 0 aromatic carbocycles. The van der Waals surface area contributed by atoms with Crippen LogP contribution in [0.3, 0.4) is 0 Å². The van der Waals surface area contributed by atoms with Gasteiger partial charge in [0.15, 0.2) is 0 Å². The zero-order chi connectivity index (χ0) is 9.97. The van der Waals surface area contributed by atoms with Crippen molar-refractivity contribution in [3.05, 3.63) is 29.3 Å². The summed E-state index contributed by atoms with van der Waals surface area (Å²) in [5.74, 6) is -0.0174. The van der Waals surface area contributed by atoms with Crippen LogP contribution in [-0.2, 0) is 0 Å². The molecule has 0 aliphatic carbocycles. The Morgan fingerprint density at radius 2 is 2.40 bits per heavy atom. The summed E-state index contributed by atoms with van der Waals surface area (Å²) in [5, 5.41) is 5.73. The van der Waals surface area contributed by atoms with Gasteiger partial charge in [-0.15, -0.1) is 23.7 Å². The Morgan fingerprint density at radius 3 is 3.00 bits per heavy atom. The predicted octanol–water partition coefficient (Wildman–Crippen LogP) is 1.97. The van der Waals surface area contributed by atoms with Gasteiger partial charge >= 0.3 is 0 Å². The first kappa shape index (κ1) is 11.9. The quantitative estimate of drug-likeness (QED) is 0.838. The first-order valence-electron chi connectivity index (χ1n) is 4.05. The number of carbonyl (C=O) groups excluding carboxylic acids is 1. The molecule has 0 radical (unpaired) electrons. The van der Waals surface area contributed by atoms with Gasteiger partial charge in [-0.3, -0.25) is 4.79 Å². The van der Waals surface area contributed by atoms with Gasteiger partial charge in [-0.25, -0.2) is 0 Å². The Labute approximate surface area is 96.5 Å². The Morgan fingerprint density at radius 1 is 1.60 bits per heavy atom. The van der Waals surface area contributed by atoms with Gasteiger partial charge in [0, 0.05) is 6.07 Å². The maximum absolute atomic E-state index is 11.1. The molecule has 0 spiro atoms. The fraction of sp³-hybridized carbons (Fsp3) is 0.111. The lowest BCUT2D eigenvalue weighted by molar-refractivity contribution is 0.0966. The fourth-order valence-corrected chi connectivity index (χ4v) is 1.73. The summed E-state index contributed by atoms with van der Waals surface area (Å²) < 4.78 is 4.87. The van der Waals surface area contributed by atoms with Crippen LogP contribution in [0.5, 0.6) is 0 Å². The van der Waals surface area contributed by atoms with Crippen LogP contribution < -0.4 is 5.73 Å². The van der Waals surface area contributed by atoms with Crippen LogP contribution in [-0.4, -0.2) is 17.5 Å². The summed E-state index contributed by atoms with van der Waals surface area (Å²) in [6.07, 6.45) is 0. The van der Waals surface area contributed by atoms with Crippen LogP contribution in [0.4, 0.5) is 0 Å². The number of halogens is 1. The molecule has 0 amide bonds. The molecule has 0 saturated heterocycles. The molecule has 0 saturated carbocycles. The largest absolute Gasteiger partial charge is 0.352 e. The normalized spacial score (nSPS) is 9.67. The van der Waals surface area contributed by atoms with Crippen LogP contribution >= 0.6 is 23.7 Å². The fourth-order valence-electron chi connectivity index (χ4n) is 1.05. The molecule has 0 atom stereocenters. The number of rotatable bonds is 3. The highest BCUT2D eigenvalue weighted by Crippen LogP contribution is 2.23. The van der Waals surface area contributed by atoms with E-state index in [-0.39, 0.29) is 30.5 Å². The van der Waals surface area contributed by atoms with Crippen LogP contribution in [0.15, 0.2) is 28.1 Å². The molecule has 15 heavy (non-hydrogen) atoms. The zero-order valence-electron chi connectivity index (χ0n) is 7.67. The van der Waals surface area contributed by atoms with Crippen LogP contribution in [0.2, 0.25) is 0 Å². The maximum atomic E-state index is 11.1. The molecular formula is C9H9ClN2O2S. The number of carbonyl (C=O) groups is 1. The van der Waals surface area contributed by atoms with E-state index >= 15 is 0 Å². The minimum Gasteiger partial charge on any atom is -0.352 e. The van der Waals surface area contributed by atoms with Crippen molar-refractivity contribution in [1.82, 2.24) is 5.16 Å². The highest BCUT2D eigenvalue weighted by molar-refractivity contribution is 7.13. The number of nitrogens with two attached hydrogens (primary N) is 1. The zero-order valence-corrected chi connectivity index (χ0v) is 9.31. The third-order valence-electron chi connectivity index (χ3n) is 1.74. The lowest BCUT2D eigenvalue weighted by Gasteiger charge is -1.85. The van der Waals surface area contributed by atoms with Crippen molar-refractivity contribution in [2.75, 3.05) is 6.54 Å². The highest BCUT2D eigenvalue weighted by atomic mass is 35.5. The van der Waals surface area contributed by atoms with Crippen LogP contribution in [0.1, 0.15) is 10.6 Å². The lowest BCUT2D eigenvalue weighted by atomic mass is 10.2. The third-order valence-corrected chi connectivity index (χ3v) is 2.64. The van der Waals surface area contributed by atoms with E-state index in [0.29, 0.717) is 5.69 Å². The number of hydrogen-bond acceptors (Lipinski definition) is 5. The van der Waals surface area contributed by atoms with E-state index < -0.39 is 0 Å². The van der Waals surface area contributed by atoms with Gasteiger partial charge in [0.1, 0.15) is 5.69 Å². The van der Waals surface area contributed by atoms with Gasteiger partial charge in [-0.1, -0.05) is 11.2 Å². The summed E-state index contributed by atoms with van der Waals surface area (Å²) in [7, 11) is 0. The summed E-state index contributed by atoms with van der Waals surface area (Å²) in [6, 6.07) is 5.44. The van der Waals surface area contributed by atoms with Gasteiger partial charge in [-0.05, 0) is 11.4 Å². The molecule has 80 valence electrons. The van der Waals surface area contributed by atoms with E-state index in [9.17, 15) is 4.79 Å². The SMILES string of the molecule is Cl.NCC(=O)c1cc(-c2cccs2)no1. The number of thiophene rings is 1. The van der Waals surface area contributed by atoms with Crippen molar-refractivity contribution >= 4 is 29.5 Å². The molecule has 0 bridgehead atoms. The number of nitrogens with zero attached hydrogens (tertiary/aromatic N) is 1.